The summed E-state index contributed by atoms with van der Waals surface area (Å²) in [4.78, 5) is 42.6. The second-order valence-corrected chi connectivity index (χ2v) is 12.7. The Balaban J connectivity index is 4.12. The summed E-state index contributed by atoms with van der Waals surface area (Å²) >= 11 is 0. The van der Waals surface area contributed by atoms with Crippen LogP contribution >= 0.6 is 7.82 Å². The monoisotopic (exact) mass is 678 g/mol. The van der Waals surface area contributed by atoms with Crippen LogP contribution in [-0.4, -0.2) is 41.0 Å². The molecule has 9 heteroatoms. The van der Waals surface area contributed by atoms with Crippen molar-refractivity contribution in [3.05, 3.63) is 72.9 Å². The Kier molecular flexibility index (Phi) is 31.6. The van der Waals surface area contributed by atoms with Crippen LogP contribution < -0.4 is 0 Å². The number of ether oxygens (including phenoxy) is 2. The van der Waals surface area contributed by atoms with Gasteiger partial charge in [-0.05, 0) is 77.0 Å². The van der Waals surface area contributed by atoms with Gasteiger partial charge in [0.25, 0.3) is 0 Å². The first-order valence-corrected chi connectivity index (χ1v) is 19.3. The Morgan fingerprint density at radius 1 is 0.574 bits per heavy atom. The first-order chi connectivity index (χ1) is 22.8. The summed E-state index contributed by atoms with van der Waals surface area (Å²) in [7, 11) is -4.77. The lowest BCUT2D eigenvalue weighted by Crippen LogP contribution is -2.29. The van der Waals surface area contributed by atoms with Gasteiger partial charge in [0.15, 0.2) is 6.10 Å². The zero-order chi connectivity index (χ0) is 34.7. The van der Waals surface area contributed by atoms with Gasteiger partial charge in [0.05, 0.1) is 6.61 Å². The number of unbranched alkanes of at least 4 members (excludes halogenated alkanes) is 9. The maximum Gasteiger partial charge on any atom is 0.469 e. The van der Waals surface area contributed by atoms with Crippen LogP contribution in [0.5, 0.6) is 0 Å². The zero-order valence-electron chi connectivity index (χ0n) is 29.1. The normalized spacial score (nSPS) is 13.4. The third-order valence-electron chi connectivity index (χ3n) is 6.96. The number of hydrogen-bond acceptors (Lipinski definition) is 6. The van der Waals surface area contributed by atoms with Crippen molar-refractivity contribution in [2.24, 2.45) is 0 Å². The molecule has 0 spiro atoms. The molecule has 1 unspecified atom stereocenters. The summed E-state index contributed by atoms with van der Waals surface area (Å²) in [5.74, 6) is -0.959. The van der Waals surface area contributed by atoms with E-state index in [0.29, 0.717) is 12.8 Å². The molecular formula is C38H63O8P. The van der Waals surface area contributed by atoms with Gasteiger partial charge in [-0.25, -0.2) is 4.57 Å². The minimum Gasteiger partial charge on any atom is -0.462 e. The molecule has 0 aliphatic rings. The Bertz CT molecular complexity index is 990. The predicted molar refractivity (Wildman–Crippen MR) is 193 cm³/mol. The average molecular weight is 679 g/mol. The maximum absolute atomic E-state index is 12.3. The van der Waals surface area contributed by atoms with Gasteiger partial charge in [0.1, 0.15) is 6.61 Å². The van der Waals surface area contributed by atoms with E-state index in [-0.39, 0.29) is 19.4 Å². The minimum atomic E-state index is -4.77. The molecule has 0 aliphatic heterocycles. The molecule has 0 amide bonds. The molecule has 8 nitrogen and oxygen atoms in total. The smallest absolute Gasteiger partial charge is 0.462 e. The highest BCUT2D eigenvalue weighted by molar-refractivity contribution is 7.46. The molecule has 0 fully saturated rings. The third kappa shape index (κ3) is 36.2. The van der Waals surface area contributed by atoms with E-state index >= 15 is 0 Å². The second-order valence-electron chi connectivity index (χ2n) is 11.5. The van der Waals surface area contributed by atoms with Crippen LogP contribution in [0.25, 0.3) is 0 Å². The number of rotatable bonds is 31. The van der Waals surface area contributed by atoms with Crippen LogP contribution in [0.15, 0.2) is 72.9 Å². The number of esters is 2. The molecule has 0 aliphatic carbocycles. The Morgan fingerprint density at radius 3 is 1.57 bits per heavy atom. The van der Waals surface area contributed by atoms with Crippen LogP contribution in [-0.2, 0) is 28.2 Å². The fourth-order valence-corrected chi connectivity index (χ4v) is 4.68. The lowest BCUT2D eigenvalue weighted by atomic mass is 10.1. The van der Waals surface area contributed by atoms with Crippen molar-refractivity contribution < 1.29 is 37.9 Å². The van der Waals surface area contributed by atoms with Gasteiger partial charge in [-0.15, -0.1) is 0 Å². The molecule has 0 aromatic heterocycles. The van der Waals surface area contributed by atoms with E-state index < -0.39 is 32.5 Å². The summed E-state index contributed by atoms with van der Waals surface area (Å²) in [6.45, 7) is 3.45. The second kappa shape index (κ2) is 33.4. The highest BCUT2D eigenvalue weighted by Gasteiger charge is 2.22. The molecule has 0 bridgehead atoms. The van der Waals surface area contributed by atoms with E-state index in [1.54, 1.807) is 0 Å². The van der Waals surface area contributed by atoms with Gasteiger partial charge in [-0.1, -0.05) is 119 Å². The molecule has 1 atom stereocenters. The van der Waals surface area contributed by atoms with Crippen molar-refractivity contribution in [3.8, 4) is 0 Å². The van der Waals surface area contributed by atoms with Crippen molar-refractivity contribution in [2.45, 2.75) is 142 Å². The van der Waals surface area contributed by atoms with Crippen LogP contribution in [0.4, 0.5) is 0 Å². The van der Waals surface area contributed by atoms with Crippen molar-refractivity contribution in [1.82, 2.24) is 0 Å². The first-order valence-electron chi connectivity index (χ1n) is 17.7. The summed E-state index contributed by atoms with van der Waals surface area (Å²) in [5.41, 5.74) is 0. The molecule has 0 rings (SSSR count). The summed E-state index contributed by atoms with van der Waals surface area (Å²) < 4.78 is 26.2. The highest BCUT2D eigenvalue weighted by atomic mass is 31.2. The fraction of sp³-hybridized carbons (Fsp3) is 0.632. The van der Waals surface area contributed by atoms with Gasteiger partial charge in [-0.2, -0.15) is 0 Å². The van der Waals surface area contributed by atoms with Crippen molar-refractivity contribution >= 4 is 19.8 Å². The molecule has 0 radical (unpaired) electrons. The number of allylic oxidation sites excluding steroid dienone is 12. The Hall–Kier alpha value is -2.51. The number of carbonyl (C=O) groups excluding carboxylic acids is 2. The summed E-state index contributed by atoms with van der Waals surface area (Å²) in [6.07, 6.45) is 41.9. The number of phosphoric ester groups is 1. The van der Waals surface area contributed by atoms with E-state index in [4.69, 9.17) is 19.3 Å². The summed E-state index contributed by atoms with van der Waals surface area (Å²) in [5, 5.41) is 0. The van der Waals surface area contributed by atoms with E-state index in [1.165, 1.54) is 12.8 Å². The van der Waals surface area contributed by atoms with Crippen molar-refractivity contribution in [2.75, 3.05) is 13.2 Å². The molecule has 268 valence electrons. The molecule has 47 heavy (non-hydrogen) atoms. The van der Waals surface area contributed by atoms with E-state index in [9.17, 15) is 14.2 Å². The summed E-state index contributed by atoms with van der Waals surface area (Å²) in [6, 6.07) is 0. The Labute approximate surface area is 285 Å². The Morgan fingerprint density at radius 2 is 1.02 bits per heavy atom. The molecule has 0 heterocycles. The topological polar surface area (TPSA) is 119 Å². The molecule has 2 N–H and O–H groups in total. The van der Waals surface area contributed by atoms with Crippen molar-refractivity contribution in [3.63, 3.8) is 0 Å². The van der Waals surface area contributed by atoms with E-state index in [1.807, 2.05) is 0 Å². The lowest BCUT2D eigenvalue weighted by Gasteiger charge is -2.18. The highest BCUT2D eigenvalue weighted by Crippen LogP contribution is 2.35. The maximum atomic E-state index is 12.3. The number of phosphoric acid groups is 1. The van der Waals surface area contributed by atoms with Crippen LogP contribution in [0.3, 0.4) is 0 Å². The largest absolute Gasteiger partial charge is 0.469 e. The zero-order valence-corrected chi connectivity index (χ0v) is 30.0. The molecular weight excluding hydrogens is 615 g/mol. The molecule has 0 aromatic rings. The standard InChI is InChI=1S/C38H63O8P/c1-3-5-7-9-11-13-15-17-19-21-23-25-27-29-31-33-38(40)46-36(35-45-47(41,42)43)34-44-37(39)32-30-28-26-24-22-20-18-16-14-12-10-8-6-4-2/h5,7,10-13,16-19,23,25,36H,3-4,6,8-9,14-15,20-22,24,26-35H2,1-2H3,(H2,41,42,43)/b7-5-,12-10-,13-11-,18-16-,19-17-,25-23-. The molecule has 0 saturated carbocycles. The predicted octanol–water partition coefficient (Wildman–Crippen LogP) is 10.3. The fourth-order valence-electron chi connectivity index (χ4n) is 4.32. The number of hydrogen-bond donors (Lipinski definition) is 2. The van der Waals surface area contributed by atoms with Gasteiger partial charge in [0.2, 0.25) is 0 Å². The van der Waals surface area contributed by atoms with Gasteiger partial charge in [-0.3, -0.25) is 14.1 Å². The van der Waals surface area contributed by atoms with Crippen LogP contribution in [0, 0.1) is 0 Å². The average Bonchev–Trinajstić information content (AvgIpc) is 3.03. The minimum absolute atomic E-state index is 0.153. The van der Waals surface area contributed by atoms with E-state index in [0.717, 1.165) is 83.5 Å². The lowest BCUT2D eigenvalue weighted by molar-refractivity contribution is -0.161. The van der Waals surface area contributed by atoms with Crippen LogP contribution in [0.1, 0.15) is 136 Å². The van der Waals surface area contributed by atoms with Gasteiger partial charge >= 0.3 is 19.8 Å². The van der Waals surface area contributed by atoms with Gasteiger partial charge < -0.3 is 19.3 Å². The molecule has 0 saturated heterocycles. The van der Waals surface area contributed by atoms with Gasteiger partial charge in [0, 0.05) is 12.8 Å². The number of carbonyl (C=O) groups is 2. The van der Waals surface area contributed by atoms with Crippen LogP contribution in [0.2, 0.25) is 0 Å². The quantitative estimate of drug-likeness (QED) is 0.0322. The van der Waals surface area contributed by atoms with E-state index in [2.05, 4.69) is 91.3 Å². The van der Waals surface area contributed by atoms with Crippen molar-refractivity contribution in [1.29, 1.82) is 0 Å². The third-order valence-corrected chi connectivity index (χ3v) is 7.44. The SMILES string of the molecule is CC/C=C\C/C=C\C/C=C\C/C=C\CCCCC(=O)OC(COC(=O)CCCCCCC/C=C\C/C=C\CCCC)COP(=O)(O)O. The molecule has 0 aromatic carbocycles. The first kappa shape index (κ1) is 44.5.